The van der Waals surface area contributed by atoms with Crippen LogP contribution in [0.4, 0.5) is 17.2 Å². The van der Waals surface area contributed by atoms with Gasteiger partial charge in [0.15, 0.2) is 5.82 Å². The summed E-state index contributed by atoms with van der Waals surface area (Å²) in [6, 6.07) is 38.4. The summed E-state index contributed by atoms with van der Waals surface area (Å²) in [4.78, 5) is 0. The maximum Gasteiger partial charge on any atom is 0.153 e. The van der Waals surface area contributed by atoms with Gasteiger partial charge in [-0.1, -0.05) is 86.6 Å². The molecule has 4 aromatic carbocycles. The van der Waals surface area contributed by atoms with E-state index < -0.39 is 0 Å². The molecule has 0 saturated carbocycles. The van der Waals surface area contributed by atoms with Crippen LogP contribution in [0.1, 0.15) is 47.2 Å². The van der Waals surface area contributed by atoms with Gasteiger partial charge < -0.3 is 11.1 Å². The Bertz CT molecular complexity index is 1420. The minimum atomic E-state index is -0.0775. The summed E-state index contributed by atoms with van der Waals surface area (Å²) in [5.74, 6) is 0.741. The van der Waals surface area contributed by atoms with E-state index in [0.29, 0.717) is 0 Å². The van der Waals surface area contributed by atoms with Crippen LogP contribution < -0.4 is 11.1 Å². The highest BCUT2D eigenvalue weighted by Crippen LogP contribution is 2.32. The van der Waals surface area contributed by atoms with Gasteiger partial charge in [-0.3, -0.25) is 0 Å². The first-order chi connectivity index (χ1) is 18.0. The highest BCUT2D eigenvalue weighted by atomic mass is 15.2. The second kappa shape index (κ2) is 10.7. The third kappa shape index (κ3) is 6.04. The van der Waals surface area contributed by atoms with Crippen LogP contribution in [0, 0.1) is 0 Å². The van der Waals surface area contributed by atoms with Crippen molar-refractivity contribution in [1.82, 2.24) is 10.2 Å². The molecule has 5 aromatic rings. The van der Waals surface area contributed by atoms with Crippen molar-refractivity contribution in [2.45, 2.75) is 32.1 Å². The van der Waals surface area contributed by atoms with E-state index in [2.05, 4.69) is 114 Å². The maximum atomic E-state index is 5.81. The summed E-state index contributed by atoms with van der Waals surface area (Å²) >= 11 is 0. The van der Waals surface area contributed by atoms with Crippen molar-refractivity contribution in [3.05, 3.63) is 149 Å². The van der Waals surface area contributed by atoms with E-state index in [-0.39, 0.29) is 5.41 Å². The monoisotopic (exact) mass is 484 g/mol. The van der Waals surface area contributed by atoms with E-state index in [1.807, 2.05) is 24.3 Å². The van der Waals surface area contributed by atoms with Crippen LogP contribution in [0.25, 0.3) is 0 Å². The van der Waals surface area contributed by atoms with Crippen LogP contribution in [0.2, 0.25) is 0 Å². The smallest absolute Gasteiger partial charge is 0.153 e. The first-order valence-electron chi connectivity index (χ1n) is 12.6. The Morgan fingerprint density at radius 3 is 1.54 bits per heavy atom. The Hall–Kier alpha value is -4.44. The molecular weight excluding hydrogens is 452 g/mol. The summed E-state index contributed by atoms with van der Waals surface area (Å²) in [7, 11) is 0. The van der Waals surface area contributed by atoms with Gasteiger partial charge in [-0.05, 0) is 82.6 Å². The van der Waals surface area contributed by atoms with Crippen LogP contribution in [-0.2, 0) is 18.3 Å². The second-order valence-electron chi connectivity index (χ2n) is 10.0. The van der Waals surface area contributed by atoms with Gasteiger partial charge >= 0.3 is 0 Å². The third-order valence-corrected chi connectivity index (χ3v) is 6.95. The van der Waals surface area contributed by atoms with Crippen LogP contribution >= 0.6 is 0 Å². The molecule has 4 heteroatoms. The average Bonchev–Trinajstić information content (AvgIpc) is 2.92. The first kappa shape index (κ1) is 24.3. The van der Waals surface area contributed by atoms with Crippen LogP contribution in [0.15, 0.2) is 115 Å². The summed E-state index contributed by atoms with van der Waals surface area (Å²) in [5, 5.41) is 11.2. The summed E-state index contributed by atoms with van der Waals surface area (Å²) in [6.45, 7) is 4.58. The lowest BCUT2D eigenvalue weighted by Gasteiger charge is -2.26. The molecule has 0 saturated heterocycles. The zero-order chi connectivity index (χ0) is 25.7. The fourth-order valence-corrected chi connectivity index (χ4v) is 4.57. The molecule has 0 amide bonds. The van der Waals surface area contributed by atoms with Gasteiger partial charge in [0, 0.05) is 23.0 Å². The SMILES string of the molecule is CC(C)(c1ccc(Cc2ccc(N)cc2)cc1)c1ccc(Cc2ccc(Nc3cccnn3)cc2)cc1. The van der Waals surface area contributed by atoms with Crippen molar-refractivity contribution in [3.63, 3.8) is 0 Å². The summed E-state index contributed by atoms with van der Waals surface area (Å²) in [6.07, 6.45) is 3.47. The average molecular weight is 485 g/mol. The molecule has 0 aliphatic rings. The lowest BCUT2D eigenvalue weighted by molar-refractivity contribution is 0.640. The Labute approximate surface area is 219 Å². The number of nitrogen functional groups attached to an aromatic ring is 1. The number of aromatic nitrogens is 2. The van der Waals surface area contributed by atoms with Crippen molar-refractivity contribution in [2.24, 2.45) is 0 Å². The predicted octanol–water partition coefficient (Wildman–Crippen LogP) is 7.31. The number of rotatable bonds is 8. The molecule has 0 fully saturated rings. The minimum absolute atomic E-state index is 0.0775. The highest BCUT2D eigenvalue weighted by Gasteiger charge is 2.23. The normalized spacial score (nSPS) is 11.3. The molecule has 1 aromatic heterocycles. The molecule has 0 aliphatic heterocycles. The zero-order valence-electron chi connectivity index (χ0n) is 21.4. The molecule has 0 aliphatic carbocycles. The topological polar surface area (TPSA) is 63.8 Å². The summed E-state index contributed by atoms with van der Waals surface area (Å²) < 4.78 is 0. The third-order valence-electron chi connectivity index (χ3n) is 6.95. The Balaban J connectivity index is 1.22. The van der Waals surface area contributed by atoms with Gasteiger partial charge in [0.05, 0.1) is 0 Å². The zero-order valence-corrected chi connectivity index (χ0v) is 21.4. The number of hydrogen-bond acceptors (Lipinski definition) is 4. The fraction of sp³-hybridized carbons (Fsp3) is 0.152. The number of nitrogens with zero attached hydrogens (tertiary/aromatic N) is 2. The van der Waals surface area contributed by atoms with Gasteiger partial charge in [-0.15, -0.1) is 5.10 Å². The molecule has 0 spiro atoms. The van der Waals surface area contributed by atoms with Gasteiger partial charge in [-0.2, -0.15) is 5.10 Å². The lowest BCUT2D eigenvalue weighted by atomic mass is 9.77. The molecule has 3 N–H and O–H groups in total. The second-order valence-corrected chi connectivity index (χ2v) is 10.0. The molecule has 0 unspecified atom stereocenters. The molecule has 5 rings (SSSR count). The largest absolute Gasteiger partial charge is 0.399 e. The van der Waals surface area contributed by atoms with Gasteiger partial charge in [0.1, 0.15) is 0 Å². The number of nitrogens with one attached hydrogen (secondary N) is 1. The lowest BCUT2D eigenvalue weighted by Crippen LogP contribution is -2.18. The molecular formula is C33H32N4. The van der Waals surface area contributed by atoms with E-state index >= 15 is 0 Å². The van der Waals surface area contributed by atoms with Crippen LogP contribution in [0.5, 0.6) is 0 Å². The molecule has 1 heterocycles. The summed E-state index contributed by atoms with van der Waals surface area (Å²) in [5.41, 5.74) is 15.3. The first-order valence-corrected chi connectivity index (χ1v) is 12.6. The van der Waals surface area contributed by atoms with Crippen LogP contribution in [0.3, 0.4) is 0 Å². The number of nitrogens with two attached hydrogens (primary N) is 1. The molecule has 37 heavy (non-hydrogen) atoms. The van der Waals surface area contributed by atoms with Gasteiger partial charge in [0.25, 0.3) is 0 Å². The van der Waals surface area contributed by atoms with Crippen LogP contribution in [-0.4, -0.2) is 10.2 Å². The Morgan fingerprint density at radius 1 is 0.622 bits per heavy atom. The van der Waals surface area contributed by atoms with Crippen molar-refractivity contribution in [3.8, 4) is 0 Å². The highest BCUT2D eigenvalue weighted by molar-refractivity contribution is 5.56. The Morgan fingerprint density at radius 2 is 1.08 bits per heavy atom. The van der Waals surface area contributed by atoms with Crippen molar-refractivity contribution in [2.75, 3.05) is 11.1 Å². The van der Waals surface area contributed by atoms with E-state index in [0.717, 1.165) is 30.0 Å². The van der Waals surface area contributed by atoms with Crippen molar-refractivity contribution < 1.29 is 0 Å². The fourth-order valence-electron chi connectivity index (χ4n) is 4.57. The number of benzene rings is 4. The molecule has 4 nitrogen and oxygen atoms in total. The maximum absolute atomic E-state index is 5.81. The van der Waals surface area contributed by atoms with E-state index in [9.17, 15) is 0 Å². The standard InChI is InChI=1S/C33H32N4/c1-33(2,28-13-5-24(6-14-28)22-26-9-17-30(34)18-10-26)29-15-7-25(8-16-29)23-27-11-19-31(20-12-27)36-32-4-3-21-35-37-32/h3-21H,22-23,34H2,1-2H3,(H,36,37). The molecule has 184 valence electrons. The molecule has 0 radical (unpaired) electrons. The van der Waals surface area contributed by atoms with Crippen molar-refractivity contribution in [1.29, 1.82) is 0 Å². The number of anilines is 3. The van der Waals surface area contributed by atoms with E-state index in [4.69, 9.17) is 5.73 Å². The van der Waals surface area contributed by atoms with E-state index in [1.165, 1.54) is 33.4 Å². The Kier molecular flexibility index (Phi) is 7.00. The quantitative estimate of drug-likeness (QED) is 0.227. The molecule has 0 atom stereocenters. The van der Waals surface area contributed by atoms with E-state index in [1.54, 1.807) is 6.20 Å². The number of hydrogen-bond donors (Lipinski definition) is 2. The minimum Gasteiger partial charge on any atom is -0.399 e. The molecule has 0 bridgehead atoms. The predicted molar refractivity (Wildman–Crippen MR) is 153 cm³/mol. The van der Waals surface area contributed by atoms with Gasteiger partial charge in [0.2, 0.25) is 0 Å². The van der Waals surface area contributed by atoms with Gasteiger partial charge in [-0.25, -0.2) is 0 Å². The van der Waals surface area contributed by atoms with Crippen molar-refractivity contribution >= 4 is 17.2 Å².